The van der Waals surface area contributed by atoms with Crippen LogP contribution in [0.4, 0.5) is 0 Å². The first-order valence-electron chi connectivity index (χ1n) is 32.7. The predicted molar refractivity (Wildman–Crippen MR) is 343 cm³/mol. The molecule has 6 nitrogen and oxygen atoms in total. The van der Waals surface area contributed by atoms with Crippen LogP contribution in [0.15, 0.2) is 134 Å². The molecule has 0 spiro atoms. The van der Waals surface area contributed by atoms with E-state index in [-0.39, 0.29) is 31.1 Å². The summed E-state index contributed by atoms with van der Waals surface area (Å²) < 4.78 is 16.9. The van der Waals surface area contributed by atoms with Crippen LogP contribution in [0.5, 0.6) is 0 Å². The van der Waals surface area contributed by atoms with Crippen molar-refractivity contribution >= 4 is 17.9 Å². The predicted octanol–water partition coefficient (Wildman–Crippen LogP) is 22.5. The molecule has 0 aliphatic rings. The van der Waals surface area contributed by atoms with E-state index in [2.05, 4.69) is 154 Å². The molecule has 0 aromatic rings. The lowest BCUT2D eigenvalue weighted by molar-refractivity contribution is -0.167. The summed E-state index contributed by atoms with van der Waals surface area (Å²) in [7, 11) is 0. The summed E-state index contributed by atoms with van der Waals surface area (Å²) in [4.78, 5) is 38.4. The van der Waals surface area contributed by atoms with Gasteiger partial charge in [-0.25, -0.2) is 0 Å². The van der Waals surface area contributed by atoms with E-state index in [0.29, 0.717) is 19.3 Å². The lowest BCUT2D eigenvalue weighted by Gasteiger charge is -2.18. The molecule has 1 unspecified atom stereocenters. The van der Waals surface area contributed by atoms with Crippen molar-refractivity contribution in [3.05, 3.63) is 134 Å². The van der Waals surface area contributed by atoms with E-state index < -0.39 is 6.10 Å². The molecule has 0 radical (unpaired) electrons. The average molecular weight is 1090 g/mol. The fourth-order valence-electron chi connectivity index (χ4n) is 8.79. The van der Waals surface area contributed by atoms with Crippen molar-refractivity contribution < 1.29 is 28.6 Å². The molecule has 0 saturated heterocycles. The van der Waals surface area contributed by atoms with Crippen molar-refractivity contribution in [2.45, 2.75) is 297 Å². The second-order valence-corrected chi connectivity index (χ2v) is 21.3. The van der Waals surface area contributed by atoms with E-state index in [0.717, 1.165) is 122 Å². The zero-order valence-electron chi connectivity index (χ0n) is 51.3. The molecule has 0 amide bonds. The third-order valence-electron chi connectivity index (χ3n) is 13.6. The summed E-state index contributed by atoms with van der Waals surface area (Å²) >= 11 is 0. The summed E-state index contributed by atoms with van der Waals surface area (Å²) in [6, 6.07) is 0. The number of rotatable bonds is 58. The largest absolute Gasteiger partial charge is 0.462 e. The monoisotopic (exact) mass is 1090 g/mol. The molecule has 0 aliphatic heterocycles. The summed E-state index contributed by atoms with van der Waals surface area (Å²) in [6.45, 7) is 6.36. The normalized spacial score (nSPS) is 13.0. The van der Waals surface area contributed by atoms with Gasteiger partial charge in [0.2, 0.25) is 0 Å². The number of esters is 3. The molecule has 0 saturated carbocycles. The minimum atomic E-state index is -0.804. The van der Waals surface area contributed by atoms with Gasteiger partial charge in [-0.15, -0.1) is 0 Å². The summed E-state index contributed by atoms with van der Waals surface area (Å²) in [5, 5.41) is 0. The third-order valence-corrected chi connectivity index (χ3v) is 13.6. The number of allylic oxidation sites excluding steroid dienone is 22. The van der Waals surface area contributed by atoms with E-state index in [1.807, 2.05) is 0 Å². The first kappa shape index (κ1) is 74.5. The molecule has 0 rings (SSSR count). The average Bonchev–Trinajstić information content (AvgIpc) is 3.45. The summed E-state index contributed by atoms with van der Waals surface area (Å²) in [5.41, 5.74) is 0. The molecule has 0 aromatic heterocycles. The minimum absolute atomic E-state index is 0.0973. The first-order valence-corrected chi connectivity index (χ1v) is 32.7. The van der Waals surface area contributed by atoms with Gasteiger partial charge in [0.1, 0.15) is 13.2 Å². The molecule has 448 valence electrons. The lowest BCUT2D eigenvalue weighted by Crippen LogP contribution is -2.30. The van der Waals surface area contributed by atoms with E-state index in [9.17, 15) is 14.4 Å². The smallest absolute Gasteiger partial charge is 0.306 e. The number of ether oxygens (including phenoxy) is 3. The molecule has 79 heavy (non-hydrogen) atoms. The highest BCUT2D eigenvalue weighted by molar-refractivity contribution is 5.71. The van der Waals surface area contributed by atoms with Crippen molar-refractivity contribution in [3.8, 4) is 0 Å². The van der Waals surface area contributed by atoms with Crippen LogP contribution in [-0.4, -0.2) is 37.2 Å². The van der Waals surface area contributed by atoms with Gasteiger partial charge in [-0.3, -0.25) is 14.4 Å². The van der Waals surface area contributed by atoms with Gasteiger partial charge in [0.15, 0.2) is 6.10 Å². The Balaban J connectivity index is 4.38. The van der Waals surface area contributed by atoms with Crippen molar-refractivity contribution in [1.29, 1.82) is 0 Å². The van der Waals surface area contributed by atoms with Crippen LogP contribution in [0.2, 0.25) is 0 Å². The van der Waals surface area contributed by atoms with Gasteiger partial charge in [0.05, 0.1) is 0 Å². The number of hydrogen-bond acceptors (Lipinski definition) is 6. The standard InChI is InChI=1S/C73H120O6/c1-4-7-10-13-16-19-22-25-28-30-32-33-34-35-36-37-38-39-41-42-45-48-51-54-57-60-63-66-72(75)78-69-70(68-77-71(74)65-62-59-56-53-50-47-44-27-24-21-18-15-12-9-6-3)79-73(76)67-64-61-58-55-52-49-46-43-40-31-29-26-23-20-17-14-11-8-5-2/h7,9-10,12,16-21,25-29,32-33,35-36,44,50,53,70H,4-6,8,11,13-15,22-24,30-31,34,37-43,45-49,51-52,54-69H2,1-3H3/b10-7-,12-9-,19-16-,20-17-,21-18-,28-25-,29-26-,33-32-,36-35-,44-27-,53-50-. The number of carbonyl (C=O) groups is 3. The highest BCUT2D eigenvalue weighted by atomic mass is 16.6. The third kappa shape index (κ3) is 64.3. The zero-order chi connectivity index (χ0) is 57.1. The topological polar surface area (TPSA) is 78.9 Å². The Morgan fingerprint density at radius 2 is 0.494 bits per heavy atom. The van der Waals surface area contributed by atoms with Crippen molar-refractivity contribution in [2.75, 3.05) is 13.2 Å². The molecule has 0 N–H and O–H groups in total. The highest BCUT2D eigenvalue weighted by Crippen LogP contribution is 2.16. The lowest BCUT2D eigenvalue weighted by atomic mass is 10.0. The maximum Gasteiger partial charge on any atom is 0.306 e. The summed E-state index contributed by atoms with van der Waals surface area (Å²) in [6.07, 6.45) is 93.2. The number of carbonyl (C=O) groups excluding carboxylic acids is 3. The number of hydrogen-bond donors (Lipinski definition) is 0. The van der Waals surface area contributed by atoms with Gasteiger partial charge in [-0.2, -0.15) is 0 Å². The number of unbranched alkanes of at least 4 members (excludes halogenated alkanes) is 25. The van der Waals surface area contributed by atoms with Crippen molar-refractivity contribution in [2.24, 2.45) is 0 Å². The molecule has 0 heterocycles. The maximum absolute atomic E-state index is 12.9. The van der Waals surface area contributed by atoms with Crippen LogP contribution in [0.1, 0.15) is 290 Å². The van der Waals surface area contributed by atoms with Gasteiger partial charge in [0, 0.05) is 19.3 Å². The molecule has 0 fully saturated rings. The first-order chi connectivity index (χ1) is 39.0. The van der Waals surface area contributed by atoms with E-state index in [4.69, 9.17) is 14.2 Å². The SMILES string of the molecule is CC/C=C\C/C=C\C/C=C\C/C=C\C/C=C\CCCCCCCCCCCCCC(=O)OCC(COC(=O)CCCC/C=C\C/C=C\C/C=C\C/C=C\CC)OC(=O)CCCCCCCCCCC/C=C\C/C=C\CCCCC. The Labute approximate surface area is 487 Å². The fourth-order valence-corrected chi connectivity index (χ4v) is 8.79. The molecule has 0 aromatic carbocycles. The van der Waals surface area contributed by atoms with Gasteiger partial charge in [-0.1, -0.05) is 270 Å². The Morgan fingerprint density at radius 3 is 0.797 bits per heavy atom. The zero-order valence-corrected chi connectivity index (χ0v) is 51.3. The van der Waals surface area contributed by atoms with Crippen LogP contribution >= 0.6 is 0 Å². The summed E-state index contributed by atoms with van der Waals surface area (Å²) in [5.74, 6) is -0.943. The Bertz CT molecular complexity index is 1680. The molecule has 0 aliphatic carbocycles. The van der Waals surface area contributed by atoms with Crippen LogP contribution in [0, 0.1) is 0 Å². The minimum Gasteiger partial charge on any atom is -0.462 e. The van der Waals surface area contributed by atoms with Gasteiger partial charge >= 0.3 is 17.9 Å². The Morgan fingerprint density at radius 1 is 0.266 bits per heavy atom. The van der Waals surface area contributed by atoms with Crippen LogP contribution in [0.3, 0.4) is 0 Å². The molecular weight excluding hydrogens is 973 g/mol. The van der Waals surface area contributed by atoms with Crippen LogP contribution < -0.4 is 0 Å². The van der Waals surface area contributed by atoms with Crippen molar-refractivity contribution in [3.63, 3.8) is 0 Å². The van der Waals surface area contributed by atoms with E-state index >= 15 is 0 Å². The van der Waals surface area contributed by atoms with E-state index in [1.54, 1.807) is 0 Å². The van der Waals surface area contributed by atoms with Crippen LogP contribution in [-0.2, 0) is 28.6 Å². The Kier molecular flexibility index (Phi) is 62.3. The van der Waals surface area contributed by atoms with Crippen molar-refractivity contribution in [1.82, 2.24) is 0 Å². The quantitative estimate of drug-likeness (QED) is 0.0261. The molecular formula is C73H120O6. The molecule has 6 heteroatoms. The van der Waals surface area contributed by atoms with Gasteiger partial charge in [0.25, 0.3) is 0 Å². The molecule has 1 atom stereocenters. The fraction of sp³-hybridized carbons (Fsp3) is 0.658. The van der Waals surface area contributed by atoms with Gasteiger partial charge in [-0.05, 0) is 135 Å². The van der Waals surface area contributed by atoms with Gasteiger partial charge < -0.3 is 14.2 Å². The van der Waals surface area contributed by atoms with Crippen LogP contribution in [0.25, 0.3) is 0 Å². The molecule has 0 bridgehead atoms. The Hall–Kier alpha value is -4.45. The highest BCUT2D eigenvalue weighted by Gasteiger charge is 2.19. The maximum atomic E-state index is 12.9. The second kappa shape index (κ2) is 66.1. The van der Waals surface area contributed by atoms with E-state index in [1.165, 1.54) is 128 Å². The second-order valence-electron chi connectivity index (χ2n) is 21.3.